The number of hydrogen-bond acceptors (Lipinski definition) is 6. The SMILES string of the molecule is COc1ccc(Cn2nc(N[C@H]3CC[C@H](O[Si](C)(C)C(C)(C)C)CC3)c3c(-c4ccc(CNC(=O)c5ccc(C(C)(C)C)cc5)cc4)ccnc32)cc1. The lowest BCUT2D eigenvalue weighted by atomic mass is 9.87. The lowest BCUT2D eigenvalue weighted by molar-refractivity contribution is 0.0951. The minimum absolute atomic E-state index is 0.0444. The van der Waals surface area contributed by atoms with Gasteiger partial charge in [0.05, 0.1) is 19.0 Å². The van der Waals surface area contributed by atoms with Gasteiger partial charge in [-0.05, 0) is 107 Å². The molecule has 280 valence electrons. The third-order valence-corrected chi connectivity index (χ3v) is 15.7. The maximum Gasteiger partial charge on any atom is 0.251 e. The highest BCUT2D eigenvalue weighted by molar-refractivity contribution is 6.74. The van der Waals surface area contributed by atoms with E-state index in [0.29, 0.717) is 30.8 Å². The summed E-state index contributed by atoms with van der Waals surface area (Å²) < 4.78 is 14.2. The third kappa shape index (κ3) is 9.02. The second-order valence-electron chi connectivity index (χ2n) is 17.1. The molecule has 2 heterocycles. The van der Waals surface area contributed by atoms with Gasteiger partial charge in [-0.3, -0.25) is 4.79 Å². The average molecular weight is 732 g/mol. The van der Waals surface area contributed by atoms with Gasteiger partial charge in [0.15, 0.2) is 19.8 Å². The summed E-state index contributed by atoms with van der Waals surface area (Å²) in [5.41, 5.74) is 7.05. The Hall–Kier alpha value is -4.47. The standard InChI is InChI=1S/C44H57N5O3Si/c1-43(2,3)34-18-16-33(17-19-34)42(50)46-28-30-10-14-32(15-11-30)38-26-27-45-41-39(38)40(48-49(41)29-31-12-22-36(51-7)23-13-31)47-35-20-24-37(25-21-35)52-53(8,9)44(4,5)6/h10-19,22-23,26-27,35,37H,20-21,24-25,28-29H2,1-9H3,(H,46,50)(H,47,48)/t35-,37-. The number of methoxy groups -OCH3 is 1. The quantitative estimate of drug-likeness (QED) is 0.132. The van der Waals surface area contributed by atoms with Crippen molar-refractivity contribution in [3.8, 4) is 16.9 Å². The maximum atomic E-state index is 13.0. The first-order valence-electron chi connectivity index (χ1n) is 19.0. The lowest BCUT2D eigenvalue weighted by Gasteiger charge is -2.41. The molecule has 6 rings (SSSR count). The Kier molecular flexibility index (Phi) is 11.2. The zero-order valence-corrected chi connectivity index (χ0v) is 34.0. The summed E-state index contributed by atoms with van der Waals surface area (Å²) in [7, 11) is -0.139. The highest BCUT2D eigenvalue weighted by Gasteiger charge is 2.40. The van der Waals surface area contributed by atoms with Crippen LogP contribution in [0.1, 0.15) is 94.3 Å². The average Bonchev–Trinajstić information content (AvgIpc) is 3.47. The van der Waals surface area contributed by atoms with Crippen LogP contribution in [0.5, 0.6) is 5.75 Å². The van der Waals surface area contributed by atoms with E-state index in [0.717, 1.165) is 70.5 Å². The van der Waals surface area contributed by atoms with Crippen LogP contribution < -0.4 is 15.4 Å². The molecule has 3 aromatic carbocycles. The molecule has 0 radical (unpaired) electrons. The van der Waals surface area contributed by atoms with Gasteiger partial charge in [-0.25, -0.2) is 9.67 Å². The number of ether oxygens (including phenoxy) is 1. The molecule has 0 saturated heterocycles. The van der Waals surface area contributed by atoms with Crippen molar-refractivity contribution < 1.29 is 14.0 Å². The number of pyridine rings is 1. The van der Waals surface area contributed by atoms with Crippen LogP contribution in [0.3, 0.4) is 0 Å². The fourth-order valence-electron chi connectivity index (χ4n) is 6.77. The minimum atomic E-state index is -1.82. The predicted molar refractivity (Wildman–Crippen MR) is 219 cm³/mol. The Morgan fingerprint density at radius 3 is 2.09 bits per heavy atom. The molecule has 8 nitrogen and oxygen atoms in total. The number of carbonyl (C=O) groups is 1. The second-order valence-corrected chi connectivity index (χ2v) is 21.9. The number of aromatic nitrogens is 3. The van der Waals surface area contributed by atoms with Crippen LogP contribution in [0.4, 0.5) is 5.82 Å². The summed E-state index contributed by atoms with van der Waals surface area (Å²) in [5.74, 6) is 1.61. The molecule has 1 fully saturated rings. The van der Waals surface area contributed by atoms with Crippen LogP contribution in [0.15, 0.2) is 85.1 Å². The van der Waals surface area contributed by atoms with Crippen molar-refractivity contribution in [3.05, 3.63) is 107 Å². The summed E-state index contributed by atoms with van der Waals surface area (Å²) >= 11 is 0. The summed E-state index contributed by atoms with van der Waals surface area (Å²) in [4.78, 5) is 17.8. The van der Waals surface area contributed by atoms with E-state index in [1.807, 2.05) is 47.3 Å². The maximum absolute atomic E-state index is 13.0. The molecule has 2 N–H and O–H groups in total. The number of amides is 1. The number of benzene rings is 3. The summed E-state index contributed by atoms with van der Waals surface area (Å²) in [6.45, 7) is 19.2. The monoisotopic (exact) mass is 731 g/mol. The number of rotatable bonds is 11. The molecule has 0 atom stereocenters. The Labute approximate surface area is 316 Å². The number of fused-ring (bicyclic) bond motifs is 1. The number of anilines is 1. The fraction of sp³-hybridized carbons (Fsp3) is 0.432. The molecule has 1 saturated carbocycles. The first kappa shape index (κ1) is 38.3. The highest BCUT2D eigenvalue weighted by Crippen LogP contribution is 2.40. The third-order valence-electron chi connectivity index (χ3n) is 11.1. The van der Waals surface area contributed by atoms with Crippen LogP contribution in [-0.4, -0.2) is 48.2 Å². The van der Waals surface area contributed by atoms with E-state index in [9.17, 15) is 4.79 Å². The number of hydrogen-bond donors (Lipinski definition) is 2. The van der Waals surface area contributed by atoms with Crippen molar-refractivity contribution >= 4 is 31.1 Å². The van der Waals surface area contributed by atoms with E-state index in [-0.39, 0.29) is 16.4 Å². The Morgan fingerprint density at radius 1 is 0.849 bits per heavy atom. The molecule has 1 aliphatic carbocycles. The van der Waals surface area contributed by atoms with Gasteiger partial charge in [0, 0.05) is 30.5 Å². The first-order chi connectivity index (χ1) is 25.1. The highest BCUT2D eigenvalue weighted by atomic mass is 28.4. The largest absolute Gasteiger partial charge is 0.497 e. The Morgan fingerprint density at radius 2 is 1.49 bits per heavy atom. The molecule has 0 aliphatic heterocycles. The van der Waals surface area contributed by atoms with Gasteiger partial charge >= 0.3 is 0 Å². The summed E-state index contributed by atoms with van der Waals surface area (Å²) in [5, 5.41) is 13.3. The van der Waals surface area contributed by atoms with Crippen molar-refractivity contribution in [2.75, 3.05) is 12.4 Å². The van der Waals surface area contributed by atoms with Crippen molar-refractivity contribution in [1.82, 2.24) is 20.1 Å². The number of nitrogens with zero attached hydrogens (tertiary/aromatic N) is 3. The summed E-state index contributed by atoms with van der Waals surface area (Å²) in [6.07, 6.45) is 6.33. The van der Waals surface area contributed by atoms with Gasteiger partial charge < -0.3 is 19.8 Å². The fourth-order valence-corrected chi connectivity index (χ4v) is 8.20. The molecular weight excluding hydrogens is 675 g/mol. The molecule has 0 unspecified atom stereocenters. The van der Waals surface area contributed by atoms with Gasteiger partial charge in [0.25, 0.3) is 5.91 Å². The zero-order chi connectivity index (χ0) is 38.0. The molecular formula is C44H57N5O3Si. The zero-order valence-electron chi connectivity index (χ0n) is 33.0. The topological polar surface area (TPSA) is 90.3 Å². The van der Waals surface area contributed by atoms with Crippen LogP contribution in [-0.2, 0) is 22.9 Å². The van der Waals surface area contributed by atoms with Gasteiger partial charge in [-0.15, -0.1) is 0 Å². The van der Waals surface area contributed by atoms with E-state index >= 15 is 0 Å². The molecule has 2 aromatic heterocycles. The van der Waals surface area contributed by atoms with Gasteiger partial charge in [0.1, 0.15) is 5.75 Å². The Balaban J connectivity index is 1.22. The van der Waals surface area contributed by atoms with Crippen LogP contribution >= 0.6 is 0 Å². The van der Waals surface area contributed by atoms with Crippen LogP contribution in [0.25, 0.3) is 22.2 Å². The van der Waals surface area contributed by atoms with Gasteiger partial charge in [-0.1, -0.05) is 90.1 Å². The Bertz CT molecular complexity index is 2000. The lowest BCUT2D eigenvalue weighted by Crippen LogP contribution is -2.45. The van der Waals surface area contributed by atoms with Crippen molar-refractivity contribution in [2.24, 2.45) is 0 Å². The first-order valence-corrected chi connectivity index (χ1v) is 21.9. The van der Waals surface area contributed by atoms with Crippen LogP contribution in [0.2, 0.25) is 18.1 Å². The van der Waals surface area contributed by atoms with E-state index in [1.165, 1.54) is 5.56 Å². The number of nitrogens with one attached hydrogen (secondary N) is 2. The van der Waals surface area contributed by atoms with Crippen molar-refractivity contribution in [3.63, 3.8) is 0 Å². The molecule has 9 heteroatoms. The van der Waals surface area contributed by atoms with E-state index in [1.54, 1.807) is 7.11 Å². The van der Waals surface area contributed by atoms with Gasteiger partial charge in [0.2, 0.25) is 0 Å². The second kappa shape index (κ2) is 15.5. The normalized spacial score (nSPS) is 16.8. The van der Waals surface area contributed by atoms with Crippen molar-refractivity contribution in [2.45, 2.75) is 116 Å². The summed E-state index contributed by atoms with van der Waals surface area (Å²) in [6, 6.07) is 26.8. The van der Waals surface area contributed by atoms with E-state index < -0.39 is 8.32 Å². The smallest absolute Gasteiger partial charge is 0.251 e. The van der Waals surface area contributed by atoms with Crippen LogP contribution in [0, 0.1) is 0 Å². The molecule has 5 aromatic rings. The molecule has 1 aliphatic rings. The molecule has 0 bridgehead atoms. The molecule has 0 spiro atoms. The predicted octanol–water partition coefficient (Wildman–Crippen LogP) is 10.1. The molecule has 53 heavy (non-hydrogen) atoms. The number of carbonyl (C=O) groups excluding carboxylic acids is 1. The van der Waals surface area contributed by atoms with Crippen molar-refractivity contribution in [1.29, 1.82) is 0 Å². The van der Waals surface area contributed by atoms with E-state index in [2.05, 4.69) is 108 Å². The van der Waals surface area contributed by atoms with E-state index in [4.69, 9.17) is 19.2 Å². The molecule has 1 amide bonds. The minimum Gasteiger partial charge on any atom is -0.497 e. The van der Waals surface area contributed by atoms with Gasteiger partial charge in [-0.2, -0.15) is 5.10 Å².